The van der Waals surface area contributed by atoms with Crippen LogP contribution < -0.4 is 0 Å². The van der Waals surface area contributed by atoms with Gasteiger partial charge in [-0.1, -0.05) is 35.4 Å². The molecule has 2 aromatic rings. The van der Waals surface area contributed by atoms with Gasteiger partial charge in [-0.2, -0.15) is 0 Å². The van der Waals surface area contributed by atoms with Gasteiger partial charge < -0.3 is 14.8 Å². The van der Waals surface area contributed by atoms with Crippen LogP contribution >= 0.6 is 7.14 Å². The fourth-order valence-corrected chi connectivity index (χ4v) is 7.26. The minimum atomic E-state index is -4.57. The summed E-state index contributed by atoms with van der Waals surface area (Å²) in [5, 5.41) is 18.7. The molecule has 1 unspecified atom stereocenters. The van der Waals surface area contributed by atoms with Crippen LogP contribution in [0.1, 0.15) is 60.5 Å². The van der Waals surface area contributed by atoms with Gasteiger partial charge in [0.15, 0.2) is 0 Å². The van der Waals surface area contributed by atoms with Gasteiger partial charge in [0, 0.05) is 17.3 Å². The maximum absolute atomic E-state index is 14.3. The van der Waals surface area contributed by atoms with Crippen molar-refractivity contribution >= 4 is 30.1 Å². The van der Waals surface area contributed by atoms with Gasteiger partial charge in [-0.05, 0) is 63.8 Å². The first-order valence-electron chi connectivity index (χ1n) is 10.5. The summed E-state index contributed by atoms with van der Waals surface area (Å²) < 4.78 is 14.3. The normalized spacial score (nSPS) is 12.3. The van der Waals surface area contributed by atoms with Gasteiger partial charge in [0.1, 0.15) is 0 Å². The van der Waals surface area contributed by atoms with E-state index in [0.717, 1.165) is 11.1 Å². The molecule has 0 radical (unpaired) electrons. The zero-order valence-corrected chi connectivity index (χ0v) is 20.6. The lowest BCUT2D eigenvalue weighted by Crippen LogP contribution is -2.27. The Morgan fingerprint density at radius 2 is 1.06 bits per heavy atom. The molecular weight excluding hydrogens is 443 g/mol. The molecule has 2 aromatic carbocycles. The molecule has 0 spiro atoms. The van der Waals surface area contributed by atoms with Crippen molar-refractivity contribution in [2.45, 2.75) is 48.0 Å². The molecule has 2 rings (SSSR count). The summed E-state index contributed by atoms with van der Waals surface area (Å²) in [4.78, 5) is 50.5. The number of carbonyl (C=O) groups is 4. The highest BCUT2D eigenvalue weighted by Gasteiger charge is 2.46. The Bertz CT molecular complexity index is 1090. The summed E-state index contributed by atoms with van der Waals surface area (Å²) in [5.74, 6) is -4.59. The van der Waals surface area contributed by atoms with Gasteiger partial charge in [-0.25, -0.2) is 0 Å². The number of benzene rings is 2. The van der Waals surface area contributed by atoms with Crippen molar-refractivity contribution in [2.75, 3.05) is 6.16 Å². The second-order valence-electron chi connectivity index (χ2n) is 8.71. The second-order valence-corrected chi connectivity index (χ2v) is 11.4. The van der Waals surface area contributed by atoms with Gasteiger partial charge in [0.25, 0.3) is 0 Å². The highest BCUT2D eigenvalue weighted by atomic mass is 31.2. The molecule has 33 heavy (non-hydrogen) atoms. The van der Waals surface area contributed by atoms with Crippen LogP contribution in [0.2, 0.25) is 0 Å². The molecule has 0 fully saturated rings. The number of hydrogen-bond donors (Lipinski definition) is 2. The van der Waals surface area contributed by atoms with Crippen LogP contribution in [0.5, 0.6) is 0 Å². The zero-order valence-electron chi connectivity index (χ0n) is 19.7. The molecule has 2 N–H and O–H groups in total. The maximum atomic E-state index is 14.3. The first-order valence-corrected chi connectivity index (χ1v) is 12.4. The standard InChI is InChI=1S/C25H29O7P/c1-13-7-15(3)21(16(4)8-13)24(30)33(32,12-19(23(28)29)11-20(26)27)25(31)22-17(5)9-14(2)10-18(22)6/h7-10,19H,11-12H2,1-6H3,(H,26,27)(H,28,29). The molecule has 0 bridgehead atoms. The van der Waals surface area contributed by atoms with Crippen molar-refractivity contribution in [2.24, 2.45) is 5.92 Å². The van der Waals surface area contributed by atoms with E-state index in [0.29, 0.717) is 22.3 Å². The zero-order chi connectivity index (χ0) is 25.2. The number of aryl methyl sites for hydroxylation is 6. The molecule has 0 amide bonds. The molecule has 0 aliphatic carbocycles. The van der Waals surface area contributed by atoms with Gasteiger partial charge >= 0.3 is 11.9 Å². The molecule has 8 heteroatoms. The fraction of sp³-hybridized carbons (Fsp3) is 0.360. The van der Waals surface area contributed by atoms with Gasteiger partial charge in [-0.3, -0.25) is 19.2 Å². The van der Waals surface area contributed by atoms with Crippen LogP contribution in [0, 0.1) is 47.5 Å². The highest BCUT2D eigenvalue weighted by molar-refractivity contribution is 7.95. The van der Waals surface area contributed by atoms with E-state index in [1.165, 1.54) is 0 Å². The molecular formula is C25H29O7P. The minimum absolute atomic E-state index is 0.110. The highest BCUT2D eigenvalue weighted by Crippen LogP contribution is 2.55. The molecule has 0 aliphatic heterocycles. The third kappa shape index (κ3) is 5.48. The van der Waals surface area contributed by atoms with Gasteiger partial charge in [0.05, 0.1) is 12.3 Å². The van der Waals surface area contributed by atoms with Crippen LogP contribution in [0.4, 0.5) is 0 Å². The van der Waals surface area contributed by atoms with Crippen LogP contribution in [-0.2, 0) is 14.2 Å². The third-order valence-electron chi connectivity index (χ3n) is 5.69. The molecule has 0 saturated heterocycles. The summed E-state index contributed by atoms with van der Waals surface area (Å²) in [5.41, 5.74) is 2.20. The number of aliphatic carboxylic acids is 2. The lowest BCUT2D eigenvalue weighted by atomic mass is 10.0. The summed E-state index contributed by atoms with van der Waals surface area (Å²) in [6.07, 6.45) is -1.70. The van der Waals surface area contributed by atoms with Crippen LogP contribution in [0.15, 0.2) is 24.3 Å². The lowest BCUT2D eigenvalue weighted by molar-refractivity contribution is -0.147. The quantitative estimate of drug-likeness (QED) is 0.489. The number of carboxylic acids is 2. The Morgan fingerprint density at radius 3 is 1.33 bits per heavy atom. The van der Waals surface area contributed by atoms with E-state index in [2.05, 4.69) is 0 Å². The van der Waals surface area contributed by atoms with Crippen LogP contribution in [0.25, 0.3) is 0 Å². The Hall–Kier alpha value is -3.05. The molecule has 0 saturated carbocycles. The molecule has 0 heterocycles. The van der Waals surface area contributed by atoms with Gasteiger partial charge in [0.2, 0.25) is 18.2 Å². The number of hydrogen-bond acceptors (Lipinski definition) is 5. The monoisotopic (exact) mass is 472 g/mol. The third-order valence-corrected chi connectivity index (χ3v) is 8.40. The summed E-state index contributed by atoms with van der Waals surface area (Å²) in [6.45, 7) is 10.3. The van der Waals surface area contributed by atoms with E-state index >= 15 is 0 Å². The van der Waals surface area contributed by atoms with Crippen molar-refractivity contribution in [1.29, 1.82) is 0 Å². The number of carboxylic acid groups (broad SMARTS) is 2. The topological polar surface area (TPSA) is 126 Å². The van der Waals surface area contributed by atoms with Crippen molar-refractivity contribution in [3.63, 3.8) is 0 Å². The molecule has 7 nitrogen and oxygen atoms in total. The SMILES string of the molecule is Cc1cc(C)c(C(=O)P(=O)(CC(CC(=O)O)C(=O)O)C(=O)c2c(C)cc(C)cc2C)c(C)c1. The fourth-order valence-electron chi connectivity index (χ4n) is 4.41. The number of carbonyl (C=O) groups excluding carboxylic acids is 2. The van der Waals surface area contributed by atoms with E-state index in [9.17, 15) is 28.8 Å². The average molecular weight is 472 g/mol. The van der Waals surface area contributed by atoms with Crippen molar-refractivity contribution in [3.05, 3.63) is 68.8 Å². The Morgan fingerprint density at radius 1 is 0.727 bits per heavy atom. The van der Waals surface area contributed by atoms with Crippen molar-refractivity contribution in [1.82, 2.24) is 0 Å². The number of rotatable bonds is 9. The van der Waals surface area contributed by atoms with Crippen molar-refractivity contribution in [3.8, 4) is 0 Å². The molecule has 0 aliphatic rings. The predicted molar refractivity (Wildman–Crippen MR) is 126 cm³/mol. The summed E-state index contributed by atoms with van der Waals surface area (Å²) in [7, 11) is -4.57. The van der Waals surface area contributed by atoms with E-state index < -0.39 is 48.6 Å². The minimum Gasteiger partial charge on any atom is -0.481 e. The first-order chi connectivity index (χ1) is 15.2. The molecule has 0 aromatic heterocycles. The summed E-state index contributed by atoms with van der Waals surface area (Å²) >= 11 is 0. The Balaban J connectivity index is 2.78. The first kappa shape index (κ1) is 26.2. The largest absolute Gasteiger partial charge is 0.481 e. The van der Waals surface area contributed by atoms with E-state index in [-0.39, 0.29) is 11.1 Å². The van der Waals surface area contributed by atoms with E-state index in [1.54, 1.807) is 52.0 Å². The maximum Gasteiger partial charge on any atom is 0.307 e. The van der Waals surface area contributed by atoms with Crippen LogP contribution in [0.3, 0.4) is 0 Å². The van der Waals surface area contributed by atoms with Gasteiger partial charge in [-0.15, -0.1) is 0 Å². The molecule has 176 valence electrons. The molecule has 1 atom stereocenters. The average Bonchev–Trinajstić information content (AvgIpc) is 2.64. The van der Waals surface area contributed by atoms with E-state index in [1.807, 2.05) is 13.8 Å². The Kier molecular flexibility index (Phi) is 7.81. The van der Waals surface area contributed by atoms with Crippen LogP contribution in [-0.4, -0.2) is 39.4 Å². The lowest BCUT2D eigenvalue weighted by Gasteiger charge is -2.23. The predicted octanol–water partition coefficient (Wildman–Crippen LogP) is 5.06. The van der Waals surface area contributed by atoms with E-state index in [4.69, 9.17) is 5.11 Å². The summed E-state index contributed by atoms with van der Waals surface area (Å²) in [6, 6.07) is 6.90. The second kappa shape index (κ2) is 9.84. The van der Waals surface area contributed by atoms with Crippen molar-refractivity contribution < 1.29 is 34.0 Å². The smallest absolute Gasteiger partial charge is 0.307 e. The Labute approximate surface area is 193 Å².